The van der Waals surface area contributed by atoms with Gasteiger partial charge in [-0.1, -0.05) is 0 Å². The van der Waals surface area contributed by atoms with E-state index in [2.05, 4.69) is 49.5 Å². The number of nitrogens with zero attached hydrogens (tertiary/aromatic N) is 4. The molecule has 7 heteroatoms. The zero-order valence-electron chi connectivity index (χ0n) is 15.5. The van der Waals surface area contributed by atoms with Crippen LogP contribution in [0.2, 0.25) is 0 Å². The van der Waals surface area contributed by atoms with Crippen molar-refractivity contribution >= 4 is 28.1 Å². The van der Waals surface area contributed by atoms with E-state index in [1.807, 2.05) is 0 Å². The van der Waals surface area contributed by atoms with E-state index in [4.69, 9.17) is 4.74 Å². The lowest BCUT2D eigenvalue weighted by atomic mass is 10.1. The SMILES string of the molecule is CCN1CNc2cc3c(NCCCCN4CCOCC4)ncnc3cc21. The summed E-state index contributed by atoms with van der Waals surface area (Å²) in [5, 5.41) is 8.05. The van der Waals surface area contributed by atoms with Crippen LogP contribution in [0.3, 0.4) is 0 Å². The average molecular weight is 356 g/mol. The molecule has 2 N–H and O–H groups in total. The summed E-state index contributed by atoms with van der Waals surface area (Å²) in [4.78, 5) is 13.7. The smallest absolute Gasteiger partial charge is 0.137 e. The van der Waals surface area contributed by atoms with E-state index in [1.165, 1.54) is 17.8 Å². The largest absolute Gasteiger partial charge is 0.379 e. The first-order valence-corrected chi connectivity index (χ1v) is 9.66. The molecule has 7 nitrogen and oxygen atoms in total. The van der Waals surface area contributed by atoms with Crippen LogP contribution in [-0.4, -0.2) is 67.5 Å². The van der Waals surface area contributed by atoms with Crippen molar-refractivity contribution in [2.75, 3.05) is 68.1 Å². The second-order valence-electron chi connectivity index (χ2n) is 6.89. The Hall–Kier alpha value is -2.12. The summed E-state index contributed by atoms with van der Waals surface area (Å²) in [6.45, 7) is 9.99. The minimum Gasteiger partial charge on any atom is -0.379 e. The molecule has 26 heavy (non-hydrogen) atoms. The number of anilines is 3. The highest BCUT2D eigenvalue weighted by atomic mass is 16.5. The Bertz CT molecular complexity index is 746. The molecule has 0 spiro atoms. The van der Waals surface area contributed by atoms with Crippen molar-refractivity contribution in [2.24, 2.45) is 0 Å². The molecule has 0 aliphatic carbocycles. The monoisotopic (exact) mass is 356 g/mol. The molecule has 0 bridgehead atoms. The molecule has 2 aliphatic heterocycles. The number of morpholine rings is 1. The predicted molar refractivity (Wildman–Crippen MR) is 106 cm³/mol. The van der Waals surface area contributed by atoms with Crippen molar-refractivity contribution in [3.63, 3.8) is 0 Å². The Morgan fingerprint density at radius 2 is 2.08 bits per heavy atom. The first-order chi connectivity index (χ1) is 12.8. The number of unbranched alkanes of at least 4 members (excludes halogenated alkanes) is 1. The molecule has 0 radical (unpaired) electrons. The molecule has 0 atom stereocenters. The number of nitrogens with one attached hydrogen (secondary N) is 2. The molecule has 1 aromatic heterocycles. The third-order valence-corrected chi connectivity index (χ3v) is 5.23. The van der Waals surface area contributed by atoms with Crippen molar-refractivity contribution < 1.29 is 4.74 Å². The Morgan fingerprint density at radius 1 is 1.19 bits per heavy atom. The summed E-state index contributed by atoms with van der Waals surface area (Å²) in [5.41, 5.74) is 3.40. The van der Waals surface area contributed by atoms with Gasteiger partial charge in [0.05, 0.1) is 36.8 Å². The number of fused-ring (bicyclic) bond motifs is 2. The highest BCUT2D eigenvalue weighted by Crippen LogP contribution is 2.36. The van der Waals surface area contributed by atoms with Gasteiger partial charge in [-0.2, -0.15) is 0 Å². The van der Waals surface area contributed by atoms with E-state index in [0.29, 0.717) is 0 Å². The molecule has 3 heterocycles. The Kier molecular flexibility index (Phi) is 5.36. The van der Waals surface area contributed by atoms with E-state index < -0.39 is 0 Å². The fraction of sp³-hybridized carbons (Fsp3) is 0.579. The number of ether oxygens (including phenoxy) is 1. The fourth-order valence-electron chi connectivity index (χ4n) is 3.68. The maximum atomic E-state index is 5.40. The molecule has 140 valence electrons. The maximum Gasteiger partial charge on any atom is 0.137 e. The average Bonchev–Trinajstić information content (AvgIpc) is 3.09. The molecular formula is C19H28N6O. The predicted octanol–water partition coefficient (Wildman–Crippen LogP) is 2.36. The van der Waals surface area contributed by atoms with E-state index in [1.54, 1.807) is 6.33 Å². The second-order valence-corrected chi connectivity index (χ2v) is 6.89. The molecule has 1 saturated heterocycles. The normalized spacial score (nSPS) is 17.3. The summed E-state index contributed by atoms with van der Waals surface area (Å²) in [7, 11) is 0. The van der Waals surface area contributed by atoms with Gasteiger partial charge in [-0.05, 0) is 38.4 Å². The minimum absolute atomic E-state index is 0.861. The molecule has 2 aliphatic rings. The van der Waals surface area contributed by atoms with Crippen LogP contribution in [-0.2, 0) is 4.74 Å². The van der Waals surface area contributed by atoms with Gasteiger partial charge < -0.3 is 20.3 Å². The molecule has 0 saturated carbocycles. The number of aromatic nitrogens is 2. The first-order valence-electron chi connectivity index (χ1n) is 9.66. The highest BCUT2D eigenvalue weighted by Gasteiger charge is 2.19. The molecular weight excluding hydrogens is 328 g/mol. The van der Waals surface area contributed by atoms with Crippen LogP contribution in [0.25, 0.3) is 10.9 Å². The van der Waals surface area contributed by atoms with Gasteiger partial charge in [-0.3, -0.25) is 4.90 Å². The Labute approximate surface area is 154 Å². The summed E-state index contributed by atoms with van der Waals surface area (Å²) in [6, 6.07) is 4.34. The highest BCUT2D eigenvalue weighted by molar-refractivity contribution is 5.97. The van der Waals surface area contributed by atoms with Crippen LogP contribution in [0.5, 0.6) is 0 Å². The molecule has 0 unspecified atom stereocenters. The third kappa shape index (κ3) is 3.68. The van der Waals surface area contributed by atoms with Crippen LogP contribution in [0, 0.1) is 0 Å². The molecule has 0 amide bonds. The summed E-state index contributed by atoms with van der Waals surface area (Å²) < 4.78 is 5.40. The Balaban J connectivity index is 1.36. The van der Waals surface area contributed by atoms with Crippen molar-refractivity contribution in [3.05, 3.63) is 18.5 Å². The minimum atomic E-state index is 0.861. The van der Waals surface area contributed by atoms with Gasteiger partial charge in [0.25, 0.3) is 0 Å². The van der Waals surface area contributed by atoms with Gasteiger partial charge in [-0.15, -0.1) is 0 Å². The number of benzene rings is 1. The molecule has 1 fully saturated rings. The van der Waals surface area contributed by atoms with Crippen LogP contribution in [0.15, 0.2) is 18.5 Å². The number of rotatable bonds is 7. The van der Waals surface area contributed by atoms with Gasteiger partial charge >= 0.3 is 0 Å². The number of hydrogen-bond donors (Lipinski definition) is 2. The Morgan fingerprint density at radius 3 is 2.92 bits per heavy atom. The van der Waals surface area contributed by atoms with E-state index in [0.717, 1.165) is 75.7 Å². The fourth-order valence-corrected chi connectivity index (χ4v) is 3.68. The summed E-state index contributed by atoms with van der Waals surface area (Å²) in [6.07, 6.45) is 3.98. The van der Waals surface area contributed by atoms with Gasteiger partial charge in [0.1, 0.15) is 12.1 Å². The van der Waals surface area contributed by atoms with E-state index >= 15 is 0 Å². The van der Waals surface area contributed by atoms with Crippen LogP contribution in [0.1, 0.15) is 19.8 Å². The number of hydrogen-bond acceptors (Lipinski definition) is 7. The standard InChI is InChI=1S/C19H28N6O/c1-2-25-14-23-17-11-15-16(12-18(17)25)21-13-22-19(15)20-5-3-4-6-24-7-9-26-10-8-24/h11-13,23H,2-10,14H2,1H3,(H,20,21,22). The van der Waals surface area contributed by atoms with Crippen molar-refractivity contribution in [2.45, 2.75) is 19.8 Å². The maximum absolute atomic E-state index is 5.40. The summed E-state index contributed by atoms with van der Waals surface area (Å²) in [5.74, 6) is 0.931. The lowest BCUT2D eigenvalue weighted by Gasteiger charge is -2.26. The van der Waals surface area contributed by atoms with Gasteiger partial charge in [0.2, 0.25) is 0 Å². The van der Waals surface area contributed by atoms with Crippen LogP contribution < -0.4 is 15.5 Å². The van der Waals surface area contributed by atoms with Gasteiger partial charge in [-0.25, -0.2) is 9.97 Å². The molecule has 1 aromatic carbocycles. The topological polar surface area (TPSA) is 65.5 Å². The van der Waals surface area contributed by atoms with E-state index in [-0.39, 0.29) is 0 Å². The summed E-state index contributed by atoms with van der Waals surface area (Å²) >= 11 is 0. The first kappa shape index (κ1) is 17.3. The van der Waals surface area contributed by atoms with Crippen molar-refractivity contribution in [1.82, 2.24) is 14.9 Å². The lowest BCUT2D eigenvalue weighted by molar-refractivity contribution is 0.0373. The van der Waals surface area contributed by atoms with Crippen molar-refractivity contribution in [3.8, 4) is 0 Å². The zero-order chi connectivity index (χ0) is 17.8. The van der Waals surface area contributed by atoms with Crippen LogP contribution >= 0.6 is 0 Å². The van der Waals surface area contributed by atoms with Gasteiger partial charge in [0, 0.05) is 31.6 Å². The molecule has 2 aromatic rings. The zero-order valence-corrected chi connectivity index (χ0v) is 15.5. The lowest BCUT2D eigenvalue weighted by Crippen LogP contribution is -2.36. The second kappa shape index (κ2) is 8.05. The quantitative estimate of drug-likeness (QED) is 0.738. The third-order valence-electron chi connectivity index (χ3n) is 5.23. The van der Waals surface area contributed by atoms with E-state index in [9.17, 15) is 0 Å². The molecule has 4 rings (SSSR count). The van der Waals surface area contributed by atoms with Crippen molar-refractivity contribution in [1.29, 1.82) is 0 Å². The van der Waals surface area contributed by atoms with Gasteiger partial charge in [0.15, 0.2) is 0 Å². The van der Waals surface area contributed by atoms with Crippen LogP contribution in [0.4, 0.5) is 17.2 Å².